The van der Waals surface area contributed by atoms with Crippen molar-refractivity contribution in [3.63, 3.8) is 0 Å². The molecule has 0 atom stereocenters. The summed E-state index contributed by atoms with van der Waals surface area (Å²) in [5.74, 6) is -0.768. The Labute approximate surface area is 181 Å². The number of likely N-dealkylation sites (N-methyl/N-ethyl adjacent to an activating group) is 1. The number of allylic oxidation sites excluding steroid dienone is 1. The smallest absolute Gasteiger partial charge is 0.293 e. The number of nitrogens with zero attached hydrogens (tertiary/aromatic N) is 3. The van der Waals surface area contributed by atoms with Crippen LogP contribution in [0.15, 0.2) is 42.5 Å². The van der Waals surface area contributed by atoms with Crippen molar-refractivity contribution in [1.29, 1.82) is 0 Å². The molecule has 0 unspecified atom stereocenters. The summed E-state index contributed by atoms with van der Waals surface area (Å²) >= 11 is 0. The fraction of sp³-hybridized carbons (Fsp3) is 0.348. The van der Waals surface area contributed by atoms with Gasteiger partial charge in [-0.05, 0) is 42.8 Å². The Morgan fingerprint density at radius 1 is 1.23 bits per heavy atom. The Kier molecular flexibility index (Phi) is 7.02. The van der Waals surface area contributed by atoms with Gasteiger partial charge in [0.2, 0.25) is 0 Å². The van der Waals surface area contributed by atoms with Crippen LogP contribution in [0.5, 0.6) is 0 Å². The standard InChI is InChI=1S/C23H27FN4O3/c1-4-26-11-13-27(14-12-26)20-9-7-18(16-19(20)24)23(29)10-6-17-5-8-21(25(2)3)22(15-17)28(30)31/h5-10,15-16H,4,11-14H2,1-3H3/p+1/b10-6+. The molecule has 1 aliphatic rings. The molecule has 2 aromatic rings. The molecule has 1 aliphatic heterocycles. The zero-order valence-corrected chi connectivity index (χ0v) is 18.1. The van der Waals surface area contributed by atoms with Gasteiger partial charge in [0.05, 0.1) is 43.3 Å². The maximum absolute atomic E-state index is 14.7. The zero-order valence-electron chi connectivity index (χ0n) is 18.1. The fourth-order valence-corrected chi connectivity index (χ4v) is 3.77. The lowest BCUT2D eigenvalue weighted by atomic mass is 10.1. The predicted octanol–water partition coefficient (Wildman–Crippen LogP) is 2.42. The van der Waals surface area contributed by atoms with Gasteiger partial charge in [0.25, 0.3) is 5.69 Å². The van der Waals surface area contributed by atoms with E-state index in [1.165, 1.54) is 29.2 Å². The number of halogens is 1. The number of nitro groups is 1. The van der Waals surface area contributed by atoms with Gasteiger partial charge in [0, 0.05) is 25.7 Å². The van der Waals surface area contributed by atoms with Gasteiger partial charge in [-0.1, -0.05) is 12.1 Å². The first-order valence-corrected chi connectivity index (χ1v) is 10.4. The quantitative estimate of drug-likeness (QED) is 0.318. The van der Waals surface area contributed by atoms with Crippen molar-refractivity contribution in [3.05, 3.63) is 69.5 Å². The SMILES string of the molecule is CC[NH+]1CCN(c2ccc(C(=O)/C=C/c3ccc(N(C)C)c([N+](=O)[O-])c3)cc2F)CC1. The summed E-state index contributed by atoms with van der Waals surface area (Å²) in [7, 11) is 3.45. The summed E-state index contributed by atoms with van der Waals surface area (Å²) < 4.78 is 14.7. The Bertz CT molecular complexity index is 998. The average molecular weight is 428 g/mol. The van der Waals surface area contributed by atoms with Crippen LogP contribution in [0.4, 0.5) is 21.5 Å². The molecule has 0 amide bonds. The molecule has 1 N–H and O–H groups in total. The number of quaternary nitrogens is 1. The molecule has 164 valence electrons. The second-order valence-corrected chi connectivity index (χ2v) is 7.85. The number of ketones is 1. The summed E-state index contributed by atoms with van der Waals surface area (Å²) in [5, 5.41) is 11.3. The lowest BCUT2D eigenvalue weighted by Crippen LogP contribution is -3.14. The molecule has 0 bridgehead atoms. The van der Waals surface area contributed by atoms with Gasteiger partial charge in [0.15, 0.2) is 5.78 Å². The highest BCUT2D eigenvalue weighted by Gasteiger charge is 2.21. The maximum atomic E-state index is 14.7. The number of nitrogens with one attached hydrogen (secondary N) is 1. The number of piperazine rings is 1. The molecule has 0 radical (unpaired) electrons. The molecule has 8 heteroatoms. The van der Waals surface area contributed by atoms with Crippen LogP contribution in [0.2, 0.25) is 0 Å². The molecule has 0 aliphatic carbocycles. The van der Waals surface area contributed by atoms with Crippen molar-refractivity contribution in [2.75, 3.05) is 56.6 Å². The number of benzene rings is 2. The van der Waals surface area contributed by atoms with E-state index in [9.17, 15) is 19.3 Å². The monoisotopic (exact) mass is 427 g/mol. The first kappa shape index (κ1) is 22.4. The van der Waals surface area contributed by atoms with Crippen LogP contribution in [0.1, 0.15) is 22.8 Å². The van der Waals surface area contributed by atoms with Crippen molar-refractivity contribution in [2.24, 2.45) is 0 Å². The van der Waals surface area contributed by atoms with Gasteiger partial charge in [0.1, 0.15) is 11.5 Å². The van der Waals surface area contributed by atoms with Crippen LogP contribution in [0, 0.1) is 15.9 Å². The first-order chi connectivity index (χ1) is 14.8. The van der Waals surface area contributed by atoms with Gasteiger partial charge in [-0.15, -0.1) is 0 Å². The zero-order chi connectivity index (χ0) is 22.5. The summed E-state index contributed by atoms with van der Waals surface area (Å²) in [6.07, 6.45) is 2.82. The summed E-state index contributed by atoms with van der Waals surface area (Å²) in [5.41, 5.74) is 1.73. The molecule has 7 nitrogen and oxygen atoms in total. The third kappa shape index (κ3) is 5.27. The Balaban J connectivity index is 1.73. The molecule has 0 spiro atoms. The van der Waals surface area contributed by atoms with E-state index in [2.05, 4.69) is 6.92 Å². The number of anilines is 2. The van der Waals surface area contributed by atoms with E-state index in [4.69, 9.17) is 0 Å². The lowest BCUT2D eigenvalue weighted by Gasteiger charge is -2.33. The first-order valence-electron chi connectivity index (χ1n) is 10.4. The minimum atomic E-state index is -0.454. The molecule has 1 heterocycles. The number of rotatable bonds is 7. The van der Waals surface area contributed by atoms with Crippen molar-refractivity contribution in [2.45, 2.75) is 6.92 Å². The Morgan fingerprint density at radius 2 is 1.94 bits per heavy atom. The highest BCUT2D eigenvalue weighted by Crippen LogP contribution is 2.28. The van der Waals surface area contributed by atoms with E-state index in [1.54, 1.807) is 43.3 Å². The van der Waals surface area contributed by atoms with Gasteiger partial charge in [-0.2, -0.15) is 0 Å². The van der Waals surface area contributed by atoms with Crippen LogP contribution in [-0.2, 0) is 0 Å². The lowest BCUT2D eigenvalue weighted by molar-refractivity contribution is -0.898. The number of nitro benzene ring substituents is 1. The third-order valence-electron chi connectivity index (χ3n) is 5.65. The topological polar surface area (TPSA) is 71.1 Å². The second-order valence-electron chi connectivity index (χ2n) is 7.85. The molecule has 0 aromatic heterocycles. The highest BCUT2D eigenvalue weighted by atomic mass is 19.1. The normalized spacial score (nSPS) is 14.8. The number of carbonyl (C=O) groups excluding carboxylic acids is 1. The van der Waals surface area contributed by atoms with E-state index in [-0.39, 0.29) is 17.0 Å². The number of carbonyl (C=O) groups is 1. The van der Waals surface area contributed by atoms with Gasteiger partial charge >= 0.3 is 0 Å². The fourth-order valence-electron chi connectivity index (χ4n) is 3.77. The van der Waals surface area contributed by atoms with Gasteiger partial charge in [-0.25, -0.2) is 4.39 Å². The largest absolute Gasteiger partial charge is 0.372 e. The summed E-state index contributed by atoms with van der Waals surface area (Å²) in [6, 6.07) is 9.30. The second kappa shape index (κ2) is 9.70. The number of hydrogen-bond donors (Lipinski definition) is 1. The van der Waals surface area contributed by atoms with E-state index in [1.807, 2.05) is 4.90 Å². The highest BCUT2D eigenvalue weighted by molar-refractivity contribution is 6.07. The van der Waals surface area contributed by atoms with Crippen molar-refractivity contribution in [1.82, 2.24) is 0 Å². The van der Waals surface area contributed by atoms with Crippen molar-refractivity contribution in [3.8, 4) is 0 Å². The van der Waals surface area contributed by atoms with E-state index in [0.29, 0.717) is 16.9 Å². The van der Waals surface area contributed by atoms with Gasteiger partial charge in [-0.3, -0.25) is 14.9 Å². The summed E-state index contributed by atoms with van der Waals surface area (Å²) in [4.78, 5) is 28.6. The van der Waals surface area contributed by atoms with Crippen molar-refractivity contribution < 1.29 is 19.0 Å². The molecule has 3 rings (SSSR count). The minimum absolute atomic E-state index is 0.0417. The Morgan fingerprint density at radius 3 is 2.52 bits per heavy atom. The molecule has 0 saturated carbocycles. The van der Waals surface area contributed by atoms with Crippen LogP contribution < -0.4 is 14.7 Å². The van der Waals surface area contributed by atoms with Gasteiger partial charge < -0.3 is 14.7 Å². The van der Waals surface area contributed by atoms with E-state index < -0.39 is 10.7 Å². The Hall–Kier alpha value is -3.26. The molecular formula is C23H28FN4O3+. The molecule has 1 fully saturated rings. The molecule has 2 aromatic carbocycles. The van der Waals surface area contributed by atoms with Crippen LogP contribution in [-0.4, -0.2) is 57.5 Å². The van der Waals surface area contributed by atoms with E-state index >= 15 is 0 Å². The third-order valence-corrected chi connectivity index (χ3v) is 5.65. The van der Waals surface area contributed by atoms with Crippen LogP contribution in [0.3, 0.4) is 0 Å². The van der Waals surface area contributed by atoms with E-state index in [0.717, 1.165) is 32.7 Å². The average Bonchev–Trinajstić information content (AvgIpc) is 2.77. The molecule has 31 heavy (non-hydrogen) atoms. The van der Waals surface area contributed by atoms with Crippen LogP contribution >= 0.6 is 0 Å². The van der Waals surface area contributed by atoms with Crippen molar-refractivity contribution >= 4 is 28.9 Å². The van der Waals surface area contributed by atoms with Crippen LogP contribution in [0.25, 0.3) is 6.08 Å². The maximum Gasteiger partial charge on any atom is 0.293 e. The molecule has 1 saturated heterocycles. The summed E-state index contributed by atoms with van der Waals surface area (Å²) in [6.45, 7) is 6.73. The minimum Gasteiger partial charge on any atom is -0.372 e. The number of hydrogen-bond acceptors (Lipinski definition) is 5. The molecular weight excluding hydrogens is 399 g/mol. The predicted molar refractivity (Wildman–Crippen MR) is 121 cm³/mol.